The van der Waals surface area contributed by atoms with Crippen LogP contribution in [0, 0.1) is 0 Å². The van der Waals surface area contributed by atoms with E-state index in [9.17, 15) is 4.79 Å². The van der Waals surface area contributed by atoms with Gasteiger partial charge >= 0.3 is 0 Å². The minimum Gasteiger partial charge on any atom is -0.493 e. The van der Waals surface area contributed by atoms with Gasteiger partial charge in [-0.1, -0.05) is 0 Å². The first-order valence-corrected chi connectivity index (χ1v) is 8.75. The average Bonchev–Trinajstić information content (AvgIpc) is 3.32. The lowest BCUT2D eigenvalue weighted by Gasteiger charge is -2.01. The second kappa shape index (κ2) is 6.52. The number of aryl methyl sites for hydroxylation is 1. The van der Waals surface area contributed by atoms with E-state index in [4.69, 9.17) is 4.74 Å². The van der Waals surface area contributed by atoms with Gasteiger partial charge in [0.25, 0.3) is 0 Å². The fourth-order valence-electron chi connectivity index (χ4n) is 2.65. The van der Waals surface area contributed by atoms with Gasteiger partial charge in [-0.15, -0.1) is 11.3 Å². The van der Waals surface area contributed by atoms with Crippen LogP contribution in [0.2, 0.25) is 0 Å². The number of anilines is 1. The molecule has 7 heteroatoms. The largest absolute Gasteiger partial charge is 0.493 e. The van der Waals surface area contributed by atoms with Gasteiger partial charge in [0.1, 0.15) is 5.75 Å². The number of aromatic nitrogens is 3. The lowest BCUT2D eigenvalue weighted by Crippen LogP contribution is -2.07. The van der Waals surface area contributed by atoms with Gasteiger partial charge in [-0.25, -0.2) is 4.98 Å². The second-order valence-electron chi connectivity index (χ2n) is 5.73. The van der Waals surface area contributed by atoms with Crippen molar-refractivity contribution in [2.75, 3.05) is 11.9 Å². The van der Waals surface area contributed by atoms with Crippen molar-refractivity contribution in [3.63, 3.8) is 0 Å². The van der Waals surface area contributed by atoms with Crippen molar-refractivity contribution in [2.24, 2.45) is 7.05 Å². The van der Waals surface area contributed by atoms with Crippen LogP contribution in [0.4, 0.5) is 5.13 Å². The summed E-state index contributed by atoms with van der Waals surface area (Å²) < 4.78 is 7.21. The topological polar surface area (TPSA) is 69.0 Å². The molecule has 0 spiro atoms. The van der Waals surface area contributed by atoms with E-state index in [1.54, 1.807) is 17.0 Å². The second-order valence-corrected chi connectivity index (χ2v) is 6.59. The molecule has 0 aliphatic carbocycles. The zero-order chi connectivity index (χ0) is 17.2. The molecule has 0 saturated heterocycles. The van der Waals surface area contributed by atoms with Crippen molar-refractivity contribution in [3.05, 3.63) is 53.2 Å². The number of thiazole rings is 1. The van der Waals surface area contributed by atoms with E-state index in [0.29, 0.717) is 5.13 Å². The number of hydrogen-bond donors (Lipinski definition) is 1. The lowest BCUT2D eigenvalue weighted by atomic mass is 10.1. The van der Waals surface area contributed by atoms with E-state index < -0.39 is 0 Å². The van der Waals surface area contributed by atoms with E-state index in [0.717, 1.165) is 35.6 Å². The van der Waals surface area contributed by atoms with Crippen LogP contribution < -0.4 is 10.1 Å². The molecule has 3 aromatic rings. The number of amides is 1. The molecule has 1 aliphatic rings. The summed E-state index contributed by atoms with van der Waals surface area (Å²) in [4.78, 5) is 16.5. The van der Waals surface area contributed by atoms with Crippen molar-refractivity contribution in [1.82, 2.24) is 14.8 Å². The minimum absolute atomic E-state index is 0.216. The van der Waals surface area contributed by atoms with Crippen molar-refractivity contribution in [3.8, 4) is 17.0 Å². The molecule has 0 radical (unpaired) electrons. The zero-order valence-corrected chi connectivity index (χ0v) is 14.4. The average molecular weight is 352 g/mol. The summed E-state index contributed by atoms with van der Waals surface area (Å²) in [5.74, 6) is 0.736. The molecule has 0 saturated carbocycles. The van der Waals surface area contributed by atoms with Gasteiger partial charge in [-0.2, -0.15) is 5.10 Å². The summed E-state index contributed by atoms with van der Waals surface area (Å²) in [5.41, 5.74) is 3.96. The van der Waals surface area contributed by atoms with E-state index in [2.05, 4.69) is 21.5 Å². The van der Waals surface area contributed by atoms with Gasteiger partial charge < -0.3 is 4.74 Å². The van der Waals surface area contributed by atoms with Gasteiger partial charge in [-0.05, 0) is 29.8 Å². The predicted molar refractivity (Wildman–Crippen MR) is 97.6 cm³/mol. The first kappa shape index (κ1) is 15.6. The Balaban J connectivity index is 1.44. The van der Waals surface area contributed by atoms with Crippen LogP contribution >= 0.6 is 11.3 Å². The normalized spacial score (nSPS) is 13.0. The third-order valence-corrected chi connectivity index (χ3v) is 4.63. The molecule has 3 heterocycles. The van der Waals surface area contributed by atoms with Crippen LogP contribution in [-0.4, -0.2) is 27.3 Å². The van der Waals surface area contributed by atoms with Crippen LogP contribution in [0.15, 0.2) is 42.0 Å². The highest BCUT2D eigenvalue weighted by Gasteiger charge is 2.14. The molecule has 1 aromatic carbocycles. The molecular formula is C18H16N4O2S. The van der Waals surface area contributed by atoms with Crippen LogP contribution in [0.3, 0.4) is 0 Å². The van der Waals surface area contributed by atoms with Gasteiger partial charge in [0, 0.05) is 42.2 Å². The molecule has 1 N–H and O–H groups in total. The molecule has 4 rings (SSSR count). The molecule has 1 aliphatic heterocycles. The number of carbonyl (C=O) groups is 1. The van der Waals surface area contributed by atoms with Crippen LogP contribution in [0.25, 0.3) is 17.3 Å². The Labute approximate surface area is 148 Å². The maximum absolute atomic E-state index is 12.0. The molecule has 2 aromatic heterocycles. The molecule has 0 atom stereocenters. The van der Waals surface area contributed by atoms with Gasteiger partial charge in [0.15, 0.2) is 5.13 Å². The number of nitrogens with zero attached hydrogens (tertiary/aromatic N) is 3. The Kier molecular flexibility index (Phi) is 4.07. The van der Waals surface area contributed by atoms with Crippen molar-refractivity contribution < 1.29 is 9.53 Å². The first-order chi connectivity index (χ1) is 12.2. The highest BCUT2D eigenvalue weighted by molar-refractivity contribution is 7.14. The van der Waals surface area contributed by atoms with E-state index in [1.165, 1.54) is 23.0 Å². The third-order valence-electron chi connectivity index (χ3n) is 3.87. The van der Waals surface area contributed by atoms with Crippen LogP contribution in [0.5, 0.6) is 5.75 Å². The lowest BCUT2D eigenvalue weighted by molar-refractivity contribution is -0.111. The number of hydrogen-bond acceptors (Lipinski definition) is 5. The molecule has 0 bridgehead atoms. The maximum Gasteiger partial charge on any atom is 0.250 e. The molecule has 0 unspecified atom stereocenters. The fraction of sp³-hybridized carbons (Fsp3) is 0.167. The maximum atomic E-state index is 12.0. The Morgan fingerprint density at radius 3 is 3.20 bits per heavy atom. The van der Waals surface area contributed by atoms with E-state index >= 15 is 0 Å². The molecule has 1 amide bonds. The van der Waals surface area contributed by atoms with Crippen molar-refractivity contribution in [1.29, 1.82) is 0 Å². The van der Waals surface area contributed by atoms with Crippen LogP contribution in [-0.2, 0) is 18.3 Å². The standard InChI is InChI=1S/C18H16N4O2S/c1-22-10-12(9-19-22)2-5-17(23)21-18-20-15(11-25-18)13-3-4-16-14(8-13)6-7-24-16/h2-5,8-11H,6-7H2,1H3,(H,20,21,23)/b5-2+. The van der Waals surface area contributed by atoms with Gasteiger partial charge in [-0.3, -0.25) is 14.8 Å². The summed E-state index contributed by atoms with van der Waals surface area (Å²) in [7, 11) is 1.83. The third kappa shape index (κ3) is 3.46. The van der Waals surface area contributed by atoms with E-state index in [-0.39, 0.29) is 5.91 Å². The van der Waals surface area contributed by atoms with Crippen LogP contribution in [0.1, 0.15) is 11.1 Å². The minimum atomic E-state index is -0.216. The molecule has 0 fully saturated rings. The number of ether oxygens (including phenoxy) is 1. The molecular weight excluding hydrogens is 336 g/mol. The monoisotopic (exact) mass is 352 g/mol. The summed E-state index contributed by atoms with van der Waals surface area (Å²) in [5, 5.41) is 9.36. The molecule has 25 heavy (non-hydrogen) atoms. The Hall–Kier alpha value is -2.93. The predicted octanol–water partition coefficient (Wildman–Crippen LogP) is 3.13. The number of benzene rings is 1. The summed E-state index contributed by atoms with van der Waals surface area (Å²) >= 11 is 1.41. The Morgan fingerprint density at radius 1 is 1.44 bits per heavy atom. The fourth-order valence-corrected chi connectivity index (χ4v) is 3.38. The number of nitrogens with one attached hydrogen (secondary N) is 1. The van der Waals surface area contributed by atoms with Crippen molar-refractivity contribution >= 4 is 28.5 Å². The summed E-state index contributed by atoms with van der Waals surface area (Å²) in [6, 6.07) is 6.07. The summed E-state index contributed by atoms with van der Waals surface area (Å²) in [6.07, 6.45) is 7.66. The van der Waals surface area contributed by atoms with Gasteiger partial charge in [0.2, 0.25) is 5.91 Å². The zero-order valence-electron chi connectivity index (χ0n) is 13.6. The SMILES string of the molecule is Cn1cc(/C=C/C(=O)Nc2nc(-c3ccc4c(c3)CCO4)cs2)cn1. The first-order valence-electron chi connectivity index (χ1n) is 7.87. The van der Waals surface area contributed by atoms with Crippen molar-refractivity contribution in [2.45, 2.75) is 6.42 Å². The highest BCUT2D eigenvalue weighted by atomic mass is 32.1. The number of rotatable bonds is 4. The van der Waals surface area contributed by atoms with Gasteiger partial charge in [0.05, 0.1) is 18.5 Å². The number of fused-ring (bicyclic) bond motifs is 1. The molecule has 126 valence electrons. The number of carbonyl (C=O) groups excluding carboxylic acids is 1. The molecule has 6 nitrogen and oxygen atoms in total. The van der Waals surface area contributed by atoms with E-state index in [1.807, 2.05) is 30.8 Å². The highest BCUT2D eigenvalue weighted by Crippen LogP contribution is 2.31. The summed E-state index contributed by atoms with van der Waals surface area (Å²) in [6.45, 7) is 0.737. The Morgan fingerprint density at radius 2 is 2.36 bits per heavy atom. The quantitative estimate of drug-likeness (QED) is 0.733. The smallest absolute Gasteiger partial charge is 0.250 e. The Bertz CT molecular complexity index is 958.